The molecule has 0 aliphatic heterocycles. The lowest BCUT2D eigenvalue weighted by Gasteiger charge is -2.15. The third kappa shape index (κ3) is 3.15. The molecule has 0 spiro atoms. The van der Waals surface area contributed by atoms with Crippen molar-refractivity contribution in [1.29, 1.82) is 0 Å². The van der Waals surface area contributed by atoms with Crippen LogP contribution in [0.25, 0.3) is 10.9 Å². The molecule has 1 unspecified atom stereocenters. The molecule has 1 aromatic carbocycles. The van der Waals surface area contributed by atoms with E-state index in [1.54, 1.807) is 11.9 Å². The summed E-state index contributed by atoms with van der Waals surface area (Å²) in [5, 5.41) is 4.66. The molecule has 4 heteroatoms. The molecule has 0 aliphatic carbocycles. The van der Waals surface area contributed by atoms with E-state index in [4.69, 9.17) is 0 Å². The summed E-state index contributed by atoms with van der Waals surface area (Å²) in [7, 11) is 0. The summed E-state index contributed by atoms with van der Waals surface area (Å²) >= 11 is 1.65. The minimum absolute atomic E-state index is 0.425. The lowest BCUT2D eigenvalue weighted by molar-refractivity contribution is 0.728. The Bertz CT molecular complexity index is 527. The Morgan fingerprint density at radius 2 is 2.11 bits per heavy atom. The zero-order chi connectivity index (χ0) is 13.0. The maximum atomic E-state index is 4.54. The van der Waals surface area contributed by atoms with Crippen LogP contribution >= 0.6 is 11.9 Å². The van der Waals surface area contributed by atoms with Crippen molar-refractivity contribution < 1.29 is 0 Å². The number of anilines is 1. The summed E-state index contributed by atoms with van der Waals surface area (Å²) in [5.74, 6) is 0. The molecule has 0 radical (unpaired) electrons. The first-order valence-electron chi connectivity index (χ1n) is 6.09. The van der Waals surface area contributed by atoms with Crippen molar-refractivity contribution in [2.75, 3.05) is 18.1 Å². The molecule has 2 rings (SSSR count). The van der Waals surface area contributed by atoms with Crippen molar-refractivity contribution in [3.63, 3.8) is 0 Å². The van der Waals surface area contributed by atoms with Gasteiger partial charge in [0.1, 0.15) is 0 Å². The van der Waals surface area contributed by atoms with E-state index in [2.05, 4.69) is 46.2 Å². The van der Waals surface area contributed by atoms with Crippen molar-refractivity contribution in [2.45, 2.75) is 19.9 Å². The Balaban J connectivity index is 2.18. The maximum Gasteiger partial charge on any atom is 0.0725 e. The number of rotatable bonds is 5. The van der Waals surface area contributed by atoms with Gasteiger partial charge in [-0.1, -0.05) is 18.0 Å². The fraction of sp³-hybridized carbons (Fsp3) is 0.357. The minimum atomic E-state index is 0.425. The van der Waals surface area contributed by atoms with Crippen molar-refractivity contribution >= 4 is 28.5 Å². The fourth-order valence-electron chi connectivity index (χ4n) is 1.92. The Morgan fingerprint density at radius 3 is 2.89 bits per heavy atom. The topological polar surface area (TPSA) is 37.0 Å². The molecular weight excluding hydrogens is 242 g/mol. The summed E-state index contributed by atoms with van der Waals surface area (Å²) in [6.45, 7) is 5.08. The molecular formula is C14H19N3S. The van der Waals surface area contributed by atoms with E-state index in [0.717, 1.165) is 23.4 Å². The molecule has 0 fully saturated rings. The van der Waals surface area contributed by atoms with Gasteiger partial charge in [0.05, 0.1) is 5.52 Å². The number of benzene rings is 1. The number of hydrogen-bond donors (Lipinski definition) is 2. The van der Waals surface area contributed by atoms with E-state index in [1.807, 2.05) is 19.2 Å². The normalized spacial score (nSPS) is 12.6. The van der Waals surface area contributed by atoms with Crippen molar-refractivity contribution in [3.8, 4) is 0 Å². The first kappa shape index (κ1) is 13.2. The molecule has 3 nitrogen and oxygen atoms in total. The summed E-state index contributed by atoms with van der Waals surface area (Å²) in [5.41, 5.74) is 3.25. The Hall–Kier alpha value is -1.26. The molecule has 0 saturated carbocycles. The Labute approximate surface area is 113 Å². The van der Waals surface area contributed by atoms with Gasteiger partial charge in [-0.25, -0.2) is 0 Å². The monoisotopic (exact) mass is 261 g/mol. The standard InChI is InChI=1S/C14H19N3S/c1-10-7-8-12-13(5-4-6-14(12)16-10)15-9-11(2)17-18-3/h4-8,11,15,17H,9H2,1-3H3. The molecule has 18 heavy (non-hydrogen) atoms. The van der Waals surface area contributed by atoms with Crippen molar-refractivity contribution in [3.05, 3.63) is 36.0 Å². The highest BCUT2D eigenvalue weighted by atomic mass is 32.2. The maximum absolute atomic E-state index is 4.54. The largest absolute Gasteiger partial charge is 0.383 e. The molecule has 0 saturated heterocycles. The predicted molar refractivity (Wildman–Crippen MR) is 81.1 cm³/mol. The average molecular weight is 261 g/mol. The quantitative estimate of drug-likeness (QED) is 0.810. The first-order valence-corrected chi connectivity index (χ1v) is 7.32. The van der Waals surface area contributed by atoms with Gasteiger partial charge in [0.2, 0.25) is 0 Å². The van der Waals surface area contributed by atoms with Crippen LogP contribution in [0.3, 0.4) is 0 Å². The molecule has 2 aromatic rings. The van der Waals surface area contributed by atoms with Crippen LogP contribution in [0.2, 0.25) is 0 Å². The van der Waals surface area contributed by atoms with Gasteiger partial charge in [0.15, 0.2) is 0 Å². The number of nitrogens with zero attached hydrogens (tertiary/aromatic N) is 1. The lowest BCUT2D eigenvalue weighted by atomic mass is 10.1. The minimum Gasteiger partial charge on any atom is -0.383 e. The smallest absolute Gasteiger partial charge is 0.0725 e. The first-order chi connectivity index (χ1) is 8.70. The molecule has 1 aromatic heterocycles. The third-order valence-electron chi connectivity index (χ3n) is 2.79. The third-order valence-corrected chi connectivity index (χ3v) is 3.43. The van der Waals surface area contributed by atoms with Gasteiger partial charge in [-0.15, -0.1) is 0 Å². The van der Waals surface area contributed by atoms with Crippen LogP contribution < -0.4 is 10.0 Å². The van der Waals surface area contributed by atoms with E-state index in [0.29, 0.717) is 6.04 Å². The van der Waals surface area contributed by atoms with Crippen LogP contribution in [0, 0.1) is 6.92 Å². The van der Waals surface area contributed by atoms with Gasteiger partial charge in [0, 0.05) is 29.4 Å². The van der Waals surface area contributed by atoms with Crippen LogP contribution in [0.4, 0.5) is 5.69 Å². The molecule has 2 N–H and O–H groups in total. The van der Waals surface area contributed by atoms with E-state index >= 15 is 0 Å². The molecule has 1 heterocycles. The molecule has 0 aliphatic rings. The van der Waals surface area contributed by atoms with Gasteiger partial charge in [-0.05, 0) is 44.4 Å². The number of aromatic nitrogens is 1. The number of hydrogen-bond acceptors (Lipinski definition) is 4. The number of aryl methyl sites for hydroxylation is 1. The van der Waals surface area contributed by atoms with Gasteiger partial charge < -0.3 is 5.32 Å². The van der Waals surface area contributed by atoms with E-state index in [9.17, 15) is 0 Å². The van der Waals surface area contributed by atoms with Crippen LogP contribution in [-0.2, 0) is 0 Å². The summed E-state index contributed by atoms with van der Waals surface area (Å²) in [4.78, 5) is 4.54. The van der Waals surface area contributed by atoms with Crippen LogP contribution in [0.15, 0.2) is 30.3 Å². The van der Waals surface area contributed by atoms with E-state index in [1.165, 1.54) is 5.39 Å². The fourth-order valence-corrected chi connectivity index (χ4v) is 2.40. The summed E-state index contributed by atoms with van der Waals surface area (Å²) in [6, 6.07) is 10.8. The van der Waals surface area contributed by atoms with Crippen LogP contribution in [0.1, 0.15) is 12.6 Å². The van der Waals surface area contributed by atoms with Gasteiger partial charge in [-0.2, -0.15) is 0 Å². The highest BCUT2D eigenvalue weighted by molar-refractivity contribution is 7.96. The Kier molecular flexibility index (Phi) is 4.44. The Morgan fingerprint density at radius 1 is 1.28 bits per heavy atom. The number of pyridine rings is 1. The van der Waals surface area contributed by atoms with Gasteiger partial charge >= 0.3 is 0 Å². The van der Waals surface area contributed by atoms with Crippen molar-refractivity contribution in [1.82, 2.24) is 9.71 Å². The second kappa shape index (κ2) is 6.07. The summed E-state index contributed by atoms with van der Waals surface area (Å²) in [6.07, 6.45) is 2.04. The van der Waals surface area contributed by atoms with Crippen molar-refractivity contribution in [2.24, 2.45) is 0 Å². The molecule has 0 bridgehead atoms. The van der Waals surface area contributed by atoms with Gasteiger partial charge in [0.25, 0.3) is 0 Å². The number of nitrogens with one attached hydrogen (secondary N) is 2. The lowest BCUT2D eigenvalue weighted by Crippen LogP contribution is -2.27. The second-order valence-corrected chi connectivity index (χ2v) is 5.07. The number of fused-ring (bicyclic) bond motifs is 1. The van der Waals surface area contributed by atoms with E-state index in [-0.39, 0.29) is 0 Å². The second-order valence-electron chi connectivity index (χ2n) is 4.43. The van der Waals surface area contributed by atoms with Gasteiger partial charge in [-0.3, -0.25) is 9.71 Å². The van der Waals surface area contributed by atoms with E-state index < -0.39 is 0 Å². The van der Waals surface area contributed by atoms with Crippen LogP contribution in [0.5, 0.6) is 0 Å². The average Bonchev–Trinajstić information content (AvgIpc) is 2.36. The van der Waals surface area contributed by atoms with Crippen LogP contribution in [-0.4, -0.2) is 23.8 Å². The zero-order valence-electron chi connectivity index (χ0n) is 11.0. The molecule has 1 atom stereocenters. The highest BCUT2D eigenvalue weighted by Crippen LogP contribution is 2.22. The summed E-state index contributed by atoms with van der Waals surface area (Å²) < 4.78 is 3.31. The molecule has 0 amide bonds. The molecule has 96 valence electrons. The predicted octanol–water partition coefficient (Wildman–Crippen LogP) is 3.21. The highest BCUT2D eigenvalue weighted by Gasteiger charge is 2.04. The SMILES string of the molecule is CSNC(C)CNc1cccc2nc(C)ccc12. The zero-order valence-corrected chi connectivity index (χ0v) is 11.8.